The molecule has 0 aromatic heterocycles. The molecule has 356 valence electrons. The highest BCUT2D eigenvalue weighted by Gasteiger charge is 2.19. The van der Waals surface area contributed by atoms with Crippen molar-refractivity contribution >= 4 is 17.9 Å². The Morgan fingerprint density at radius 1 is 0.349 bits per heavy atom. The van der Waals surface area contributed by atoms with Crippen LogP contribution >= 0.6 is 0 Å². The summed E-state index contributed by atoms with van der Waals surface area (Å²) in [4.78, 5) is 37.9. The Bertz CT molecular complexity index is 1330. The van der Waals surface area contributed by atoms with Crippen LogP contribution < -0.4 is 0 Å². The van der Waals surface area contributed by atoms with Crippen LogP contribution in [0.1, 0.15) is 213 Å². The minimum absolute atomic E-state index is 0.117. The molecular formula is C57H92O6. The van der Waals surface area contributed by atoms with Gasteiger partial charge in [0.2, 0.25) is 0 Å². The first kappa shape index (κ1) is 59.1. The van der Waals surface area contributed by atoms with E-state index in [-0.39, 0.29) is 37.5 Å². The smallest absolute Gasteiger partial charge is 0.306 e. The number of rotatable bonds is 44. The van der Waals surface area contributed by atoms with E-state index in [0.29, 0.717) is 19.3 Å². The van der Waals surface area contributed by atoms with E-state index in [1.165, 1.54) is 77.0 Å². The van der Waals surface area contributed by atoms with Crippen molar-refractivity contribution in [2.45, 2.75) is 219 Å². The molecule has 63 heavy (non-hydrogen) atoms. The van der Waals surface area contributed by atoms with Crippen molar-refractivity contribution in [2.75, 3.05) is 13.2 Å². The quantitative estimate of drug-likeness (QED) is 0.0199. The predicted molar refractivity (Wildman–Crippen MR) is 270 cm³/mol. The number of hydrogen-bond acceptors (Lipinski definition) is 6. The molecule has 6 heteroatoms. The van der Waals surface area contributed by atoms with Gasteiger partial charge in [-0.2, -0.15) is 0 Å². The van der Waals surface area contributed by atoms with E-state index in [1.54, 1.807) is 0 Å². The monoisotopic (exact) mass is 873 g/mol. The topological polar surface area (TPSA) is 78.9 Å². The molecule has 0 heterocycles. The minimum Gasteiger partial charge on any atom is -0.462 e. The van der Waals surface area contributed by atoms with Gasteiger partial charge in [0.15, 0.2) is 6.10 Å². The van der Waals surface area contributed by atoms with E-state index in [9.17, 15) is 14.4 Å². The Kier molecular flexibility index (Phi) is 47.5. The van der Waals surface area contributed by atoms with Gasteiger partial charge >= 0.3 is 17.9 Å². The van der Waals surface area contributed by atoms with Gasteiger partial charge in [-0.25, -0.2) is 0 Å². The Labute approximate surface area is 387 Å². The summed E-state index contributed by atoms with van der Waals surface area (Å²) in [5.41, 5.74) is 0. The van der Waals surface area contributed by atoms with Crippen LogP contribution in [0.25, 0.3) is 0 Å². The molecule has 0 aromatic carbocycles. The molecule has 0 rings (SSSR count). The number of ether oxygens (including phenoxy) is 3. The summed E-state index contributed by atoms with van der Waals surface area (Å²) >= 11 is 0. The molecule has 0 bridgehead atoms. The van der Waals surface area contributed by atoms with Crippen LogP contribution in [-0.4, -0.2) is 37.2 Å². The average Bonchev–Trinajstić information content (AvgIpc) is 3.28. The first-order valence-electron chi connectivity index (χ1n) is 25.4. The third-order valence-electron chi connectivity index (χ3n) is 10.4. The molecule has 0 aliphatic carbocycles. The van der Waals surface area contributed by atoms with Crippen LogP contribution in [0.2, 0.25) is 0 Å². The number of esters is 3. The highest BCUT2D eigenvalue weighted by Crippen LogP contribution is 2.15. The molecule has 0 amide bonds. The summed E-state index contributed by atoms with van der Waals surface area (Å²) in [5, 5.41) is 0. The minimum atomic E-state index is -0.816. The second-order valence-corrected chi connectivity index (χ2v) is 16.4. The molecule has 0 spiro atoms. The van der Waals surface area contributed by atoms with Crippen molar-refractivity contribution in [1.29, 1.82) is 0 Å². The number of carbonyl (C=O) groups excluding carboxylic acids is 3. The molecule has 1 atom stereocenters. The van der Waals surface area contributed by atoms with Crippen molar-refractivity contribution in [1.82, 2.24) is 0 Å². The highest BCUT2D eigenvalue weighted by molar-refractivity contribution is 5.71. The fraction of sp³-hybridized carbons (Fsp3) is 0.632. The first-order chi connectivity index (χ1) is 31.0. The van der Waals surface area contributed by atoms with Crippen LogP contribution in [0, 0.1) is 0 Å². The number of carbonyl (C=O) groups is 3. The maximum atomic E-state index is 12.8. The Balaban J connectivity index is 4.53. The highest BCUT2D eigenvalue weighted by atomic mass is 16.6. The second kappa shape index (κ2) is 50.7. The van der Waals surface area contributed by atoms with Crippen LogP contribution in [0.4, 0.5) is 0 Å². The van der Waals surface area contributed by atoms with Crippen LogP contribution in [-0.2, 0) is 28.6 Å². The van der Waals surface area contributed by atoms with Gasteiger partial charge in [-0.15, -0.1) is 0 Å². The lowest BCUT2D eigenvalue weighted by molar-refractivity contribution is -0.167. The van der Waals surface area contributed by atoms with E-state index >= 15 is 0 Å². The summed E-state index contributed by atoms with van der Waals surface area (Å²) in [6.07, 6.45) is 67.9. The molecule has 0 N–H and O–H groups in total. The predicted octanol–water partition coefficient (Wildman–Crippen LogP) is 16.8. The normalized spacial score (nSPS) is 13.0. The van der Waals surface area contributed by atoms with Crippen molar-refractivity contribution in [3.05, 3.63) is 109 Å². The molecule has 1 unspecified atom stereocenters. The molecule has 0 aromatic rings. The Morgan fingerprint density at radius 2 is 0.714 bits per heavy atom. The molecule has 0 saturated heterocycles. The van der Waals surface area contributed by atoms with Crippen LogP contribution in [0.5, 0.6) is 0 Å². The van der Waals surface area contributed by atoms with Crippen molar-refractivity contribution in [2.24, 2.45) is 0 Å². The molecule has 0 aliphatic rings. The van der Waals surface area contributed by atoms with Crippen molar-refractivity contribution in [3.8, 4) is 0 Å². The first-order valence-corrected chi connectivity index (χ1v) is 25.4. The number of hydrogen-bond donors (Lipinski definition) is 0. The summed E-state index contributed by atoms with van der Waals surface area (Å²) in [7, 11) is 0. The summed E-state index contributed by atoms with van der Waals surface area (Å²) in [6.45, 7) is 6.29. The van der Waals surface area contributed by atoms with E-state index < -0.39 is 6.10 Å². The van der Waals surface area contributed by atoms with Gasteiger partial charge in [-0.1, -0.05) is 226 Å². The lowest BCUT2D eigenvalue weighted by Crippen LogP contribution is -2.30. The SMILES string of the molecule is CC\C=C/C=C\C=C/C=C\CCCCCC(=O)OCC(COC(=O)CCC/C=C\C/C=C\C/C=C\C/C=C\C/C=C\CC)OC(=O)CCCCCCCCCCCCCCCCC. The van der Waals surface area contributed by atoms with E-state index in [0.717, 1.165) is 89.9 Å². The maximum absolute atomic E-state index is 12.8. The van der Waals surface area contributed by atoms with Crippen LogP contribution in [0.15, 0.2) is 109 Å². The third-order valence-corrected chi connectivity index (χ3v) is 10.4. The van der Waals surface area contributed by atoms with Gasteiger partial charge in [0, 0.05) is 19.3 Å². The largest absolute Gasteiger partial charge is 0.462 e. The maximum Gasteiger partial charge on any atom is 0.306 e. The van der Waals surface area contributed by atoms with E-state index in [4.69, 9.17) is 14.2 Å². The zero-order valence-electron chi connectivity index (χ0n) is 40.5. The zero-order valence-corrected chi connectivity index (χ0v) is 40.5. The van der Waals surface area contributed by atoms with Crippen molar-refractivity contribution < 1.29 is 28.6 Å². The van der Waals surface area contributed by atoms with Crippen LogP contribution in [0.3, 0.4) is 0 Å². The van der Waals surface area contributed by atoms with E-state index in [2.05, 4.69) is 93.7 Å². The van der Waals surface area contributed by atoms with Gasteiger partial charge in [-0.05, 0) is 77.0 Å². The summed E-state index contributed by atoms with van der Waals surface area (Å²) < 4.78 is 16.7. The third kappa shape index (κ3) is 49.0. The average molecular weight is 873 g/mol. The fourth-order valence-electron chi connectivity index (χ4n) is 6.60. The zero-order chi connectivity index (χ0) is 45.8. The molecular weight excluding hydrogens is 781 g/mol. The van der Waals surface area contributed by atoms with Gasteiger partial charge < -0.3 is 14.2 Å². The standard InChI is InChI=1S/C57H92O6/c1-4-7-10-13-16-19-22-25-27-28-30-32-35-38-41-44-47-50-56(59)62-53-54(52-61-55(58)49-46-43-40-37-34-31-24-21-18-15-12-9-6-3)63-57(60)51-48-45-42-39-36-33-29-26-23-20-17-14-11-8-5-2/h7,9-10,12,15-16,18-19,21,24-25,27,30-32,34,38,41,54H,4-6,8,11,13-14,17,20,22-23,26,28-29,33,35-37,39-40,42-53H2,1-3H3/b10-7-,12-9-,18-15-,19-16-,24-21-,27-25-,32-30-,34-31-,41-38-. The van der Waals surface area contributed by atoms with Gasteiger partial charge in [-0.3, -0.25) is 14.4 Å². The molecule has 0 fully saturated rings. The van der Waals surface area contributed by atoms with Crippen molar-refractivity contribution in [3.63, 3.8) is 0 Å². The van der Waals surface area contributed by atoms with Gasteiger partial charge in [0.1, 0.15) is 13.2 Å². The number of unbranched alkanes of at least 4 members (excludes halogenated alkanes) is 18. The second-order valence-electron chi connectivity index (χ2n) is 16.4. The Morgan fingerprint density at radius 3 is 1.21 bits per heavy atom. The number of allylic oxidation sites excluding steroid dienone is 18. The summed E-state index contributed by atoms with van der Waals surface area (Å²) in [5.74, 6) is -1.01. The molecule has 0 radical (unpaired) electrons. The van der Waals surface area contributed by atoms with Gasteiger partial charge in [0.25, 0.3) is 0 Å². The molecule has 6 nitrogen and oxygen atoms in total. The van der Waals surface area contributed by atoms with Gasteiger partial charge in [0.05, 0.1) is 0 Å². The molecule has 0 saturated carbocycles. The fourth-order valence-corrected chi connectivity index (χ4v) is 6.60. The lowest BCUT2D eigenvalue weighted by atomic mass is 10.0. The Hall–Kier alpha value is -3.93. The lowest BCUT2D eigenvalue weighted by Gasteiger charge is -2.18. The summed E-state index contributed by atoms with van der Waals surface area (Å²) in [6, 6.07) is 0. The molecule has 0 aliphatic heterocycles. The van der Waals surface area contributed by atoms with E-state index in [1.807, 2.05) is 36.5 Å².